The van der Waals surface area contributed by atoms with E-state index in [0.717, 1.165) is 22.9 Å². The standard InChI is InChI=1S/C24H16BrFN2O3S/c25-19-12-16(8-11-20(19)31-14-15-6-9-18(26)10-7-15)13-21-23(30)28-24(32-21)27-22(29)17-4-2-1-3-5-17/h1-13H,14H2,(H,27,28,29,30)/b21-13-. The lowest BCUT2D eigenvalue weighted by molar-refractivity contribution is -0.115. The zero-order chi connectivity index (χ0) is 22.5. The third-order valence-electron chi connectivity index (χ3n) is 4.44. The van der Waals surface area contributed by atoms with Gasteiger partial charge in [0.05, 0.1) is 9.38 Å². The minimum absolute atomic E-state index is 0.244. The molecule has 1 aliphatic rings. The van der Waals surface area contributed by atoms with Crippen LogP contribution < -0.4 is 10.1 Å². The van der Waals surface area contributed by atoms with Gasteiger partial charge >= 0.3 is 0 Å². The number of rotatable bonds is 5. The summed E-state index contributed by atoms with van der Waals surface area (Å²) in [4.78, 5) is 28.9. The van der Waals surface area contributed by atoms with E-state index in [1.807, 2.05) is 18.2 Å². The van der Waals surface area contributed by atoms with Crippen molar-refractivity contribution in [2.24, 2.45) is 4.99 Å². The van der Waals surface area contributed by atoms with Crippen molar-refractivity contribution in [3.05, 3.63) is 105 Å². The molecule has 32 heavy (non-hydrogen) atoms. The number of nitrogens with one attached hydrogen (secondary N) is 1. The van der Waals surface area contributed by atoms with Crippen molar-refractivity contribution in [1.29, 1.82) is 0 Å². The topological polar surface area (TPSA) is 67.8 Å². The second-order valence-corrected chi connectivity index (χ2v) is 8.64. The second-order valence-electron chi connectivity index (χ2n) is 6.76. The van der Waals surface area contributed by atoms with Gasteiger partial charge in [0.15, 0.2) is 5.17 Å². The normalized spacial score (nSPS) is 15.8. The number of benzene rings is 3. The van der Waals surface area contributed by atoms with Crippen LogP contribution in [0.5, 0.6) is 5.75 Å². The van der Waals surface area contributed by atoms with Crippen LogP contribution in [0.15, 0.2) is 87.2 Å². The van der Waals surface area contributed by atoms with Gasteiger partial charge in [-0.3, -0.25) is 9.59 Å². The summed E-state index contributed by atoms with van der Waals surface area (Å²) in [6.45, 7) is 0.298. The van der Waals surface area contributed by atoms with E-state index in [1.54, 1.807) is 48.5 Å². The van der Waals surface area contributed by atoms with Gasteiger partial charge in [0, 0.05) is 5.56 Å². The molecule has 1 aliphatic heterocycles. The summed E-state index contributed by atoms with van der Waals surface area (Å²) in [5, 5.41) is 2.86. The van der Waals surface area contributed by atoms with Gasteiger partial charge in [0.1, 0.15) is 18.2 Å². The molecular weight excluding hydrogens is 495 g/mol. The number of amides is 2. The molecule has 0 aromatic heterocycles. The van der Waals surface area contributed by atoms with E-state index in [4.69, 9.17) is 4.74 Å². The lowest BCUT2D eigenvalue weighted by Gasteiger charge is -2.09. The second kappa shape index (κ2) is 9.93. The summed E-state index contributed by atoms with van der Waals surface area (Å²) in [6, 6.07) is 20.2. The van der Waals surface area contributed by atoms with Crippen LogP contribution in [0.2, 0.25) is 0 Å². The average Bonchev–Trinajstić information content (AvgIpc) is 3.13. The van der Waals surface area contributed by atoms with E-state index in [-0.39, 0.29) is 16.9 Å². The monoisotopic (exact) mass is 510 g/mol. The van der Waals surface area contributed by atoms with Crippen LogP contribution in [0.25, 0.3) is 6.08 Å². The Labute approximate surface area is 196 Å². The summed E-state index contributed by atoms with van der Waals surface area (Å²) in [6.07, 6.45) is 1.71. The van der Waals surface area contributed by atoms with E-state index >= 15 is 0 Å². The van der Waals surface area contributed by atoms with Crippen LogP contribution in [0.1, 0.15) is 21.5 Å². The van der Waals surface area contributed by atoms with Crippen molar-refractivity contribution in [2.45, 2.75) is 6.61 Å². The van der Waals surface area contributed by atoms with Crippen molar-refractivity contribution in [3.8, 4) is 5.75 Å². The third-order valence-corrected chi connectivity index (χ3v) is 5.97. The zero-order valence-electron chi connectivity index (χ0n) is 16.5. The number of carbonyl (C=O) groups is 2. The fourth-order valence-corrected chi connectivity index (χ4v) is 4.17. The van der Waals surface area contributed by atoms with Gasteiger partial charge < -0.3 is 10.1 Å². The number of thioether (sulfide) groups is 1. The summed E-state index contributed by atoms with van der Waals surface area (Å²) < 4.78 is 19.5. The Morgan fingerprint density at radius 2 is 1.84 bits per heavy atom. The largest absolute Gasteiger partial charge is 0.488 e. The summed E-state index contributed by atoms with van der Waals surface area (Å²) >= 11 is 4.59. The number of ether oxygens (including phenoxy) is 1. The molecule has 3 aromatic rings. The number of carbonyl (C=O) groups excluding carboxylic acids is 2. The van der Waals surface area contributed by atoms with Crippen LogP contribution in [0.4, 0.5) is 4.39 Å². The summed E-state index contributed by atoms with van der Waals surface area (Å²) in [5.41, 5.74) is 2.08. The van der Waals surface area contributed by atoms with Crippen molar-refractivity contribution >= 4 is 50.7 Å². The molecule has 0 radical (unpaired) electrons. The van der Waals surface area contributed by atoms with Gasteiger partial charge in [-0.05, 0) is 81.3 Å². The van der Waals surface area contributed by atoms with Gasteiger partial charge in [-0.15, -0.1) is 0 Å². The molecule has 1 N–H and O–H groups in total. The first kappa shape index (κ1) is 22.0. The number of hydrogen-bond donors (Lipinski definition) is 1. The first-order valence-corrected chi connectivity index (χ1v) is 11.1. The van der Waals surface area contributed by atoms with Crippen molar-refractivity contribution < 1.29 is 18.7 Å². The Kier molecular flexibility index (Phi) is 6.82. The van der Waals surface area contributed by atoms with Gasteiger partial charge in [-0.25, -0.2) is 4.39 Å². The van der Waals surface area contributed by atoms with Gasteiger partial charge in [-0.1, -0.05) is 36.4 Å². The fraction of sp³-hybridized carbons (Fsp3) is 0.0417. The quantitative estimate of drug-likeness (QED) is 0.455. The van der Waals surface area contributed by atoms with Gasteiger partial charge in [-0.2, -0.15) is 4.99 Å². The lowest BCUT2D eigenvalue weighted by Crippen LogP contribution is -2.20. The van der Waals surface area contributed by atoms with Crippen molar-refractivity contribution in [3.63, 3.8) is 0 Å². The molecule has 8 heteroatoms. The minimum Gasteiger partial charge on any atom is -0.488 e. The SMILES string of the molecule is O=C1NC(=NC(=O)c2ccccc2)S/C1=C\c1ccc(OCc2ccc(F)cc2)c(Br)c1. The zero-order valence-corrected chi connectivity index (χ0v) is 19.0. The molecule has 4 rings (SSSR count). The van der Waals surface area contributed by atoms with E-state index < -0.39 is 5.91 Å². The fourth-order valence-electron chi connectivity index (χ4n) is 2.84. The van der Waals surface area contributed by atoms with E-state index in [9.17, 15) is 14.0 Å². The van der Waals surface area contributed by atoms with E-state index in [2.05, 4.69) is 26.2 Å². The Balaban J connectivity index is 1.43. The minimum atomic E-state index is -0.417. The molecule has 5 nitrogen and oxygen atoms in total. The molecule has 0 saturated carbocycles. The van der Waals surface area contributed by atoms with Crippen molar-refractivity contribution in [2.75, 3.05) is 0 Å². The maximum atomic E-state index is 13.0. The molecule has 2 amide bonds. The molecular formula is C24H16BrFN2O3S. The summed E-state index contributed by atoms with van der Waals surface area (Å²) in [5.74, 6) is -0.406. The number of nitrogens with zero attached hydrogens (tertiary/aromatic N) is 1. The molecule has 0 aliphatic carbocycles. The molecule has 1 fully saturated rings. The molecule has 0 atom stereocenters. The smallest absolute Gasteiger partial charge is 0.279 e. The molecule has 160 valence electrons. The highest BCUT2D eigenvalue weighted by Gasteiger charge is 2.25. The maximum absolute atomic E-state index is 13.0. The highest BCUT2D eigenvalue weighted by Crippen LogP contribution is 2.31. The maximum Gasteiger partial charge on any atom is 0.279 e. The van der Waals surface area contributed by atoms with E-state index in [1.165, 1.54) is 12.1 Å². The predicted molar refractivity (Wildman–Crippen MR) is 127 cm³/mol. The molecule has 3 aromatic carbocycles. The molecule has 1 saturated heterocycles. The number of amidine groups is 1. The predicted octanol–water partition coefficient (Wildman–Crippen LogP) is 5.57. The Bertz CT molecular complexity index is 1230. The van der Waals surface area contributed by atoms with Crippen LogP contribution >= 0.6 is 27.7 Å². The number of aliphatic imine (C=N–C) groups is 1. The highest BCUT2D eigenvalue weighted by molar-refractivity contribution is 9.10. The molecule has 0 bridgehead atoms. The van der Waals surface area contributed by atoms with Crippen LogP contribution in [0, 0.1) is 5.82 Å². The third kappa shape index (κ3) is 5.52. The van der Waals surface area contributed by atoms with Crippen LogP contribution in [0.3, 0.4) is 0 Å². The number of hydrogen-bond acceptors (Lipinski definition) is 4. The van der Waals surface area contributed by atoms with E-state index in [0.29, 0.717) is 27.3 Å². The van der Waals surface area contributed by atoms with Crippen LogP contribution in [-0.2, 0) is 11.4 Å². The Morgan fingerprint density at radius 1 is 1.09 bits per heavy atom. The first-order valence-electron chi connectivity index (χ1n) is 9.54. The van der Waals surface area contributed by atoms with Gasteiger partial charge in [0.2, 0.25) is 0 Å². The van der Waals surface area contributed by atoms with Crippen molar-refractivity contribution in [1.82, 2.24) is 5.32 Å². The first-order chi connectivity index (χ1) is 15.5. The lowest BCUT2D eigenvalue weighted by atomic mass is 10.2. The molecule has 0 spiro atoms. The highest BCUT2D eigenvalue weighted by atomic mass is 79.9. The average molecular weight is 511 g/mol. The van der Waals surface area contributed by atoms with Gasteiger partial charge in [0.25, 0.3) is 11.8 Å². The Hall–Kier alpha value is -3.23. The number of halogens is 2. The molecule has 0 unspecified atom stereocenters. The molecule has 1 heterocycles. The van der Waals surface area contributed by atoms with Crippen LogP contribution in [-0.4, -0.2) is 17.0 Å². The Morgan fingerprint density at radius 3 is 2.56 bits per heavy atom. The summed E-state index contributed by atoms with van der Waals surface area (Å²) in [7, 11) is 0.